The highest BCUT2D eigenvalue weighted by Crippen LogP contribution is 2.56. The van der Waals surface area contributed by atoms with Gasteiger partial charge in [0.25, 0.3) is 0 Å². The predicted molar refractivity (Wildman–Crippen MR) is 91.3 cm³/mol. The number of hydrogen-bond acceptors (Lipinski definition) is 4. The van der Waals surface area contributed by atoms with Crippen LogP contribution >= 0.6 is 0 Å². The highest BCUT2D eigenvalue weighted by atomic mass is 16.6. The van der Waals surface area contributed by atoms with Crippen molar-refractivity contribution in [1.29, 1.82) is 0 Å². The van der Waals surface area contributed by atoms with Gasteiger partial charge in [-0.2, -0.15) is 0 Å². The molecule has 4 saturated carbocycles. The lowest BCUT2D eigenvalue weighted by molar-refractivity contribution is -0.169. The summed E-state index contributed by atoms with van der Waals surface area (Å²) in [5, 5.41) is 0. The number of carbonyl (C=O) groups excluding carboxylic acids is 2. The van der Waals surface area contributed by atoms with Crippen LogP contribution in [0.4, 0.5) is 0 Å². The zero-order chi connectivity index (χ0) is 17.3. The summed E-state index contributed by atoms with van der Waals surface area (Å²) in [6, 6.07) is 0. The van der Waals surface area contributed by atoms with E-state index in [0.717, 1.165) is 18.8 Å². The van der Waals surface area contributed by atoms with E-state index in [9.17, 15) is 9.59 Å². The van der Waals surface area contributed by atoms with Crippen molar-refractivity contribution in [3.05, 3.63) is 0 Å². The Labute approximate surface area is 150 Å². The van der Waals surface area contributed by atoms with Gasteiger partial charge < -0.3 is 9.47 Å². The summed E-state index contributed by atoms with van der Waals surface area (Å²) < 4.78 is 11.4. The van der Waals surface area contributed by atoms with Crippen molar-refractivity contribution in [3.63, 3.8) is 0 Å². The fourth-order valence-corrected chi connectivity index (χ4v) is 7.32. The molecule has 5 aliphatic rings. The summed E-state index contributed by atoms with van der Waals surface area (Å²) in [5.41, 5.74) is 0. The van der Waals surface area contributed by atoms with Gasteiger partial charge in [0.05, 0.1) is 11.8 Å². The maximum Gasteiger partial charge on any atom is 0.312 e. The second-order valence-corrected chi connectivity index (χ2v) is 9.59. The summed E-state index contributed by atoms with van der Waals surface area (Å²) in [6.07, 6.45) is 6.98. The van der Waals surface area contributed by atoms with Crippen LogP contribution in [0.25, 0.3) is 0 Å². The smallest absolute Gasteiger partial charge is 0.312 e. The van der Waals surface area contributed by atoms with Gasteiger partial charge in [-0.25, -0.2) is 0 Å². The molecule has 25 heavy (non-hydrogen) atoms. The first kappa shape index (κ1) is 16.1. The number of ether oxygens (including phenoxy) is 2. The van der Waals surface area contributed by atoms with Crippen LogP contribution in [0.15, 0.2) is 0 Å². The van der Waals surface area contributed by atoms with Crippen molar-refractivity contribution < 1.29 is 19.1 Å². The van der Waals surface area contributed by atoms with Crippen LogP contribution in [-0.2, 0) is 19.1 Å². The molecule has 5 fully saturated rings. The fourth-order valence-electron chi connectivity index (χ4n) is 7.32. The molecule has 0 aromatic rings. The van der Waals surface area contributed by atoms with Gasteiger partial charge >= 0.3 is 11.9 Å². The average Bonchev–Trinajstić information content (AvgIpc) is 3.32. The third kappa shape index (κ3) is 2.31. The predicted octanol–water partition coefficient (Wildman–Crippen LogP) is 3.44. The summed E-state index contributed by atoms with van der Waals surface area (Å²) in [7, 11) is 0. The van der Waals surface area contributed by atoms with E-state index in [1.807, 2.05) is 0 Å². The second kappa shape index (κ2) is 5.72. The molecule has 0 aromatic carbocycles. The Bertz CT molecular complexity index is 584. The van der Waals surface area contributed by atoms with E-state index in [2.05, 4.69) is 13.8 Å². The van der Waals surface area contributed by atoms with Crippen LogP contribution in [0.1, 0.15) is 52.4 Å². The van der Waals surface area contributed by atoms with Crippen molar-refractivity contribution in [2.24, 2.45) is 53.3 Å². The molecule has 0 N–H and O–H groups in total. The zero-order valence-electron chi connectivity index (χ0n) is 15.4. The van der Waals surface area contributed by atoms with Gasteiger partial charge in [-0.05, 0) is 73.5 Å². The van der Waals surface area contributed by atoms with Gasteiger partial charge in [0.2, 0.25) is 0 Å². The van der Waals surface area contributed by atoms with Crippen LogP contribution in [-0.4, -0.2) is 24.6 Å². The van der Waals surface area contributed by atoms with Gasteiger partial charge in [0, 0.05) is 0 Å². The van der Waals surface area contributed by atoms with E-state index < -0.39 is 0 Å². The van der Waals surface area contributed by atoms with E-state index in [0.29, 0.717) is 35.5 Å². The van der Waals surface area contributed by atoms with Crippen molar-refractivity contribution in [2.75, 3.05) is 6.61 Å². The number of rotatable bonds is 3. The normalized spacial score (nSPS) is 53.0. The molecule has 0 amide bonds. The molecule has 5 rings (SSSR count). The van der Waals surface area contributed by atoms with E-state index in [-0.39, 0.29) is 36.5 Å². The standard InChI is InChI=1S/C21H30O4/c1-10-11(2)15-6-12(10)7-17(15)20(22)24-9-18-16-8-19(25-21(18)23)14-5-3-4-13(14)16/h10-19H,3-9H2,1-2H3. The molecule has 10 unspecified atom stereocenters. The molecular weight excluding hydrogens is 316 g/mol. The molecule has 138 valence electrons. The number of hydrogen-bond donors (Lipinski definition) is 0. The lowest BCUT2D eigenvalue weighted by atomic mass is 9.76. The van der Waals surface area contributed by atoms with E-state index in [1.165, 1.54) is 25.7 Å². The molecule has 10 atom stereocenters. The molecule has 1 heterocycles. The minimum absolute atomic E-state index is 0.0536. The van der Waals surface area contributed by atoms with Crippen molar-refractivity contribution in [1.82, 2.24) is 0 Å². The molecule has 0 aromatic heterocycles. The Kier molecular flexibility index (Phi) is 3.69. The maximum atomic E-state index is 12.7. The van der Waals surface area contributed by atoms with Gasteiger partial charge in [-0.3, -0.25) is 9.59 Å². The Hall–Kier alpha value is -1.06. The molecule has 0 spiro atoms. The van der Waals surface area contributed by atoms with Gasteiger partial charge in [-0.1, -0.05) is 20.3 Å². The highest BCUT2D eigenvalue weighted by Gasteiger charge is 2.56. The van der Waals surface area contributed by atoms with Gasteiger partial charge in [-0.15, -0.1) is 0 Å². The Morgan fingerprint density at radius 2 is 1.84 bits per heavy atom. The monoisotopic (exact) mass is 346 g/mol. The maximum absolute atomic E-state index is 12.7. The minimum Gasteiger partial charge on any atom is -0.465 e. The first-order chi connectivity index (χ1) is 12.0. The van der Waals surface area contributed by atoms with Crippen LogP contribution in [0, 0.1) is 53.3 Å². The number of fused-ring (bicyclic) bond motifs is 7. The van der Waals surface area contributed by atoms with Crippen molar-refractivity contribution in [2.45, 2.75) is 58.5 Å². The Balaban J connectivity index is 1.23. The Morgan fingerprint density at radius 3 is 2.60 bits per heavy atom. The van der Waals surface area contributed by atoms with Crippen molar-refractivity contribution in [3.8, 4) is 0 Å². The largest absolute Gasteiger partial charge is 0.465 e. The lowest BCUT2D eigenvalue weighted by Crippen LogP contribution is -2.39. The van der Waals surface area contributed by atoms with E-state index in [4.69, 9.17) is 9.47 Å². The quantitative estimate of drug-likeness (QED) is 0.735. The topological polar surface area (TPSA) is 52.6 Å². The molecule has 1 aliphatic heterocycles. The molecule has 0 radical (unpaired) electrons. The average molecular weight is 346 g/mol. The third-order valence-corrected chi connectivity index (χ3v) is 8.85. The Morgan fingerprint density at radius 1 is 1.04 bits per heavy atom. The molecule has 4 aliphatic carbocycles. The second-order valence-electron chi connectivity index (χ2n) is 9.59. The summed E-state index contributed by atoms with van der Waals surface area (Å²) in [4.78, 5) is 25.1. The van der Waals surface area contributed by atoms with Gasteiger partial charge in [0.15, 0.2) is 0 Å². The summed E-state index contributed by atoms with van der Waals surface area (Å²) in [5.74, 6) is 3.77. The van der Waals surface area contributed by atoms with Crippen molar-refractivity contribution >= 4 is 11.9 Å². The molecule has 1 saturated heterocycles. The van der Waals surface area contributed by atoms with Gasteiger partial charge in [0.1, 0.15) is 12.7 Å². The van der Waals surface area contributed by atoms with Crippen LogP contribution in [0.2, 0.25) is 0 Å². The lowest BCUT2D eigenvalue weighted by Gasteiger charge is -2.32. The highest BCUT2D eigenvalue weighted by molar-refractivity contribution is 5.76. The third-order valence-electron chi connectivity index (χ3n) is 8.85. The molecular formula is C21H30O4. The zero-order valence-corrected chi connectivity index (χ0v) is 15.4. The molecule has 4 bridgehead atoms. The summed E-state index contributed by atoms with van der Waals surface area (Å²) >= 11 is 0. The first-order valence-corrected chi connectivity index (χ1v) is 10.4. The summed E-state index contributed by atoms with van der Waals surface area (Å²) in [6.45, 7) is 4.85. The van der Waals surface area contributed by atoms with E-state index in [1.54, 1.807) is 0 Å². The van der Waals surface area contributed by atoms with Crippen LogP contribution in [0.3, 0.4) is 0 Å². The fraction of sp³-hybridized carbons (Fsp3) is 0.905. The van der Waals surface area contributed by atoms with E-state index >= 15 is 0 Å². The van der Waals surface area contributed by atoms with Crippen LogP contribution < -0.4 is 0 Å². The number of esters is 2. The first-order valence-electron chi connectivity index (χ1n) is 10.4. The molecule has 4 heteroatoms. The van der Waals surface area contributed by atoms with Crippen LogP contribution in [0.5, 0.6) is 0 Å². The molecule has 4 nitrogen and oxygen atoms in total. The number of carbonyl (C=O) groups is 2. The SMILES string of the molecule is CC1C2CC(C(=O)OCC3C(=O)OC4CC3C3CCCC43)C(C2)C1C. The minimum atomic E-state index is -0.219.